The van der Waals surface area contributed by atoms with Crippen LogP contribution in [-0.2, 0) is 14.6 Å². The molecule has 8 nitrogen and oxygen atoms in total. The fourth-order valence-electron chi connectivity index (χ4n) is 5.64. The van der Waals surface area contributed by atoms with Gasteiger partial charge in [-0.25, -0.2) is 21.6 Å². The summed E-state index contributed by atoms with van der Waals surface area (Å²) in [6, 6.07) is 4.71. The third-order valence-corrected chi connectivity index (χ3v) is 10.7. The van der Waals surface area contributed by atoms with Crippen molar-refractivity contribution in [2.24, 2.45) is 17.3 Å². The van der Waals surface area contributed by atoms with Gasteiger partial charge in [0.25, 0.3) is 5.91 Å². The highest BCUT2D eigenvalue weighted by atomic mass is 35.5. The van der Waals surface area contributed by atoms with Gasteiger partial charge in [-0.05, 0) is 49.3 Å². The molecule has 0 aromatic heterocycles. The first kappa shape index (κ1) is 31.3. The van der Waals surface area contributed by atoms with Crippen LogP contribution >= 0.6 is 11.6 Å². The van der Waals surface area contributed by atoms with E-state index >= 15 is 0 Å². The summed E-state index contributed by atoms with van der Waals surface area (Å²) in [6.07, 6.45) is -0.225. The Kier molecular flexibility index (Phi) is 8.54. The zero-order valence-corrected chi connectivity index (χ0v) is 24.3. The third kappa shape index (κ3) is 6.25. The van der Waals surface area contributed by atoms with Gasteiger partial charge in [0.1, 0.15) is 0 Å². The lowest BCUT2D eigenvalue weighted by atomic mass is 9.52. The Morgan fingerprint density at radius 3 is 2.22 bits per heavy atom. The molecule has 3 saturated carbocycles. The van der Waals surface area contributed by atoms with Crippen LogP contribution in [0, 0.1) is 34.7 Å². The molecule has 4 N–H and O–H groups in total. The van der Waals surface area contributed by atoms with Crippen LogP contribution in [0.5, 0.6) is 0 Å². The number of carbonyl (C=O) groups is 2. The second kappa shape index (κ2) is 11.2. The summed E-state index contributed by atoms with van der Waals surface area (Å²) in [5.41, 5.74) is -2.43. The smallest absolute Gasteiger partial charge is 0.255 e. The molecule has 224 valence electrons. The predicted octanol–water partition coefficient (Wildman–Crippen LogP) is 4.23. The quantitative estimate of drug-likeness (QED) is 0.328. The van der Waals surface area contributed by atoms with Crippen LogP contribution in [0.4, 0.5) is 18.9 Å². The summed E-state index contributed by atoms with van der Waals surface area (Å²) in [5.74, 6) is -6.63. The third-order valence-electron chi connectivity index (χ3n) is 8.00. The molecular weight excluding hydrogens is 585 g/mol. The first-order chi connectivity index (χ1) is 18.9. The minimum Gasteiger partial charge on any atom is -0.391 e. The number of anilines is 1. The van der Waals surface area contributed by atoms with E-state index in [1.807, 2.05) is 0 Å². The Morgan fingerprint density at radius 1 is 1.07 bits per heavy atom. The van der Waals surface area contributed by atoms with E-state index in [4.69, 9.17) is 11.6 Å². The Balaban J connectivity index is 1.45. The fraction of sp³-hybridized carbons (Fsp3) is 0.500. The van der Waals surface area contributed by atoms with Crippen LogP contribution in [0.2, 0.25) is 5.02 Å². The van der Waals surface area contributed by atoms with Crippen LogP contribution in [-0.4, -0.2) is 53.9 Å². The van der Waals surface area contributed by atoms with Crippen LogP contribution < -0.4 is 10.6 Å². The number of amides is 2. The molecule has 0 heterocycles. The van der Waals surface area contributed by atoms with Crippen molar-refractivity contribution in [2.45, 2.75) is 68.3 Å². The Hall–Kier alpha value is -2.67. The van der Waals surface area contributed by atoms with Gasteiger partial charge in [-0.1, -0.05) is 32.4 Å². The van der Waals surface area contributed by atoms with E-state index in [0.717, 1.165) is 6.07 Å². The molecule has 3 aliphatic rings. The van der Waals surface area contributed by atoms with Gasteiger partial charge in [0.15, 0.2) is 27.3 Å². The van der Waals surface area contributed by atoms with Gasteiger partial charge in [-0.2, -0.15) is 0 Å². The van der Waals surface area contributed by atoms with Gasteiger partial charge in [-0.3, -0.25) is 9.59 Å². The highest BCUT2D eigenvalue weighted by Gasteiger charge is 2.60. The second-order valence-corrected chi connectivity index (χ2v) is 14.5. The molecule has 3 atom stereocenters. The molecule has 2 bridgehead atoms. The minimum absolute atomic E-state index is 0.0134. The average Bonchev–Trinajstić information content (AvgIpc) is 2.89. The van der Waals surface area contributed by atoms with Crippen LogP contribution in [0.25, 0.3) is 0 Å². The number of fused-ring (bicyclic) bond motifs is 2. The van der Waals surface area contributed by atoms with Crippen molar-refractivity contribution >= 4 is 38.9 Å². The zero-order chi connectivity index (χ0) is 30.5. The number of hydrogen-bond donors (Lipinski definition) is 4. The molecule has 5 rings (SSSR count). The van der Waals surface area contributed by atoms with E-state index in [-0.39, 0.29) is 52.9 Å². The van der Waals surface area contributed by atoms with Crippen molar-refractivity contribution in [1.29, 1.82) is 0 Å². The van der Waals surface area contributed by atoms with Crippen molar-refractivity contribution in [3.8, 4) is 0 Å². The maximum Gasteiger partial charge on any atom is 0.255 e. The second-order valence-electron chi connectivity index (χ2n) is 11.9. The van der Waals surface area contributed by atoms with Crippen LogP contribution in [0.1, 0.15) is 56.8 Å². The standard InChI is InChI=1S/C28H32ClF3N2O6S/c1-27(2,3)26(37)33-13-18(35)12-28(38)15-7-16(28)9-19(8-15)41(39,40)23-6-14(4-5-20(23)29)25(36)34-17-10-21(30)24(32)22(31)11-17/h4-6,10-11,15-16,18-19,35,38H,7-9,12-13H2,1-3H3,(H,33,37)(H,34,36). The fourth-order valence-corrected chi connectivity index (χ4v) is 8.04. The number of sulfone groups is 1. The average molecular weight is 617 g/mol. The van der Waals surface area contributed by atoms with Crippen molar-refractivity contribution in [2.75, 3.05) is 11.9 Å². The zero-order valence-electron chi connectivity index (χ0n) is 22.7. The predicted molar refractivity (Wildman–Crippen MR) is 146 cm³/mol. The number of benzene rings is 2. The van der Waals surface area contributed by atoms with Crippen molar-refractivity contribution in [1.82, 2.24) is 5.32 Å². The number of halogens is 4. The summed E-state index contributed by atoms with van der Waals surface area (Å²) >= 11 is 6.22. The molecule has 2 amide bonds. The van der Waals surface area contributed by atoms with Gasteiger partial charge in [-0.15, -0.1) is 0 Å². The first-order valence-electron chi connectivity index (χ1n) is 13.1. The molecule has 3 fully saturated rings. The minimum atomic E-state index is -4.07. The van der Waals surface area contributed by atoms with Gasteiger partial charge in [0.2, 0.25) is 5.91 Å². The number of aliphatic hydroxyl groups excluding tert-OH is 1. The van der Waals surface area contributed by atoms with E-state index in [9.17, 15) is 41.4 Å². The maximum atomic E-state index is 13.6. The summed E-state index contributed by atoms with van der Waals surface area (Å²) in [5, 5.41) is 25.6. The lowest BCUT2D eigenvalue weighted by Crippen LogP contribution is -2.63. The molecule has 0 aliphatic heterocycles. The van der Waals surface area contributed by atoms with E-state index in [2.05, 4.69) is 10.6 Å². The Bertz CT molecular complexity index is 1440. The highest BCUT2D eigenvalue weighted by molar-refractivity contribution is 7.92. The number of hydrogen-bond acceptors (Lipinski definition) is 6. The maximum absolute atomic E-state index is 13.6. The molecule has 3 unspecified atom stereocenters. The first-order valence-corrected chi connectivity index (χ1v) is 15.0. The molecule has 0 saturated heterocycles. The van der Waals surface area contributed by atoms with E-state index in [1.54, 1.807) is 20.8 Å². The summed E-state index contributed by atoms with van der Waals surface area (Å²) in [6.45, 7) is 5.17. The number of carbonyl (C=O) groups excluding carboxylic acids is 2. The molecule has 3 aliphatic carbocycles. The summed E-state index contributed by atoms with van der Waals surface area (Å²) in [4.78, 5) is 24.5. The normalized spacial score (nSPS) is 24.8. The molecule has 13 heteroatoms. The molecular formula is C28H32ClF3N2O6S. The van der Waals surface area contributed by atoms with Crippen LogP contribution in [0.3, 0.4) is 0 Å². The Labute approximate surface area is 241 Å². The SMILES string of the molecule is CC(C)(C)C(=O)NCC(O)CC1(O)C2CC1CC(S(=O)(=O)c1cc(C(=O)Nc3cc(F)c(F)c(F)c3)ccc1Cl)C2. The van der Waals surface area contributed by atoms with E-state index in [0.29, 0.717) is 18.6 Å². The largest absolute Gasteiger partial charge is 0.391 e. The summed E-state index contributed by atoms with van der Waals surface area (Å²) < 4.78 is 67.5. The van der Waals surface area contributed by atoms with Gasteiger partial charge in [0.05, 0.1) is 26.9 Å². The molecule has 2 aromatic rings. The van der Waals surface area contributed by atoms with Crippen molar-refractivity contribution < 1.29 is 41.4 Å². The monoisotopic (exact) mass is 616 g/mol. The Morgan fingerprint density at radius 2 is 1.66 bits per heavy atom. The molecule has 0 radical (unpaired) electrons. The lowest BCUT2D eigenvalue weighted by molar-refractivity contribution is -0.192. The van der Waals surface area contributed by atoms with Crippen LogP contribution in [0.15, 0.2) is 35.2 Å². The molecule has 2 aromatic carbocycles. The summed E-state index contributed by atoms with van der Waals surface area (Å²) in [7, 11) is -4.07. The molecule has 41 heavy (non-hydrogen) atoms. The lowest BCUT2D eigenvalue weighted by Gasteiger charge is -2.59. The number of aliphatic hydroxyl groups is 2. The van der Waals surface area contributed by atoms with Crippen molar-refractivity contribution in [3.05, 3.63) is 58.4 Å². The van der Waals surface area contributed by atoms with Gasteiger partial charge >= 0.3 is 0 Å². The van der Waals surface area contributed by atoms with E-state index in [1.165, 1.54) is 12.1 Å². The molecule has 0 spiro atoms. The topological polar surface area (TPSA) is 133 Å². The van der Waals surface area contributed by atoms with Crippen molar-refractivity contribution in [3.63, 3.8) is 0 Å². The van der Waals surface area contributed by atoms with Gasteiger partial charge in [0, 0.05) is 41.8 Å². The highest BCUT2D eigenvalue weighted by Crippen LogP contribution is 2.57. The number of rotatable bonds is 8. The number of nitrogens with one attached hydrogen (secondary N) is 2. The van der Waals surface area contributed by atoms with Gasteiger partial charge < -0.3 is 20.8 Å². The van der Waals surface area contributed by atoms with E-state index < -0.39 is 67.4 Å².